The fourth-order valence-corrected chi connectivity index (χ4v) is 4.87. The summed E-state index contributed by atoms with van der Waals surface area (Å²) in [7, 11) is 0. The van der Waals surface area contributed by atoms with E-state index in [4.69, 9.17) is 4.42 Å². The van der Waals surface area contributed by atoms with Gasteiger partial charge in [-0.25, -0.2) is 0 Å². The fourth-order valence-electron chi connectivity index (χ4n) is 3.31. The fraction of sp³-hybridized carbons (Fsp3) is 0.227. The van der Waals surface area contributed by atoms with E-state index in [0.717, 1.165) is 29.8 Å². The quantitative estimate of drug-likeness (QED) is 0.460. The number of amides is 1. The lowest BCUT2D eigenvalue weighted by atomic mass is 10.2. The van der Waals surface area contributed by atoms with Crippen molar-refractivity contribution >= 4 is 39.5 Å². The first-order chi connectivity index (χ1) is 13.7. The number of hydrogen-bond donors (Lipinski definition) is 2. The first-order valence-electron chi connectivity index (χ1n) is 9.33. The van der Waals surface area contributed by atoms with Crippen LogP contribution in [0.15, 0.2) is 69.8 Å². The predicted molar refractivity (Wildman–Crippen MR) is 115 cm³/mol. The van der Waals surface area contributed by atoms with Gasteiger partial charge in [-0.15, -0.1) is 22.7 Å². The average molecular weight is 412 g/mol. The number of benzene rings is 1. The number of rotatable bonds is 8. The zero-order chi connectivity index (χ0) is 19.3. The summed E-state index contributed by atoms with van der Waals surface area (Å²) < 4.78 is 5.89. The van der Waals surface area contributed by atoms with Gasteiger partial charge in [0.25, 0.3) is 5.91 Å². The number of quaternary nitrogens is 1. The van der Waals surface area contributed by atoms with Gasteiger partial charge in [0.2, 0.25) is 0 Å². The van der Waals surface area contributed by atoms with Crippen LogP contribution in [0.25, 0.3) is 11.0 Å². The van der Waals surface area contributed by atoms with Gasteiger partial charge < -0.3 is 14.6 Å². The van der Waals surface area contributed by atoms with Crippen molar-refractivity contribution in [3.63, 3.8) is 0 Å². The molecule has 0 saturated carbocycles. The van der Waals surface area contributed by atoms with Gasteiger partial charge in [-0.3, -0.25) is 4.79 Å². The number of furan rings is 1. The molecule has 0 saturated heterocycles. The maximum atomic E-state index is 12.7. The van der Waals surface area contributed by atoms with Crippen LogP contribution < -0.4 is 10.2 Å². The van der Waals surface area contributed by atoms with Crippen LogP contribution in [0, 0.1) is 0 Å². The molecular formula is C22H23N2O2S2+. The van der Waals surface area contributed by atoms with Crippen LogP contribution >= 0.6 is 22.7 Å². The van der Waals surface area contributed by atoms with Crippen LogP contribution in [0.2, 0.25) is 0 Å². The molecule has 6 heteroatoms. The maximum absolute atomic E-state index is 12.7. The lowest BCUT2D eigenvalue weighted by molar-refractivity contribution is -0.919. The van der Waals surface area contributed by atoms with Crippen molar-refractivity contribution in [2.75, 3.05) is 6.54 Å². The monoisotopic (exact) mass is 411 g/mol. The lowest BCUT2D eigenvalue weighted by Gasteiger charge is -2.19. The normalized spacial score (nSPS) is 12.5. The van der Waals surface area contributed by atoms with E-state index in [-0.39, 0.29) is 11.9 Å². The summed E-state index contributed by atoms with van der Waals surface area (Å²) in [4.78, 5) is 16.6. The number of nitrogens with one attached hydrogen (secondary N) is 2. The number of thiophene rings is 2. The van der Waals surface area contributed by atoms with E-state index >= 15 is 0 Å². The summed E-state index contributed by atoms with van der Waals surface area (Å²) in [6, 6.07) is 18.1. The van der Waals surface area contributed by atoms with Gasteiger partial charge in [0.1, 0.15) is 24.4 Å². The SMILES string of the molecule is C[C@H](NC(=O)C[NH+](Cc1cccs1)Cc1cccs1)c1cc2ccccc2o1. The van der Waals surface area contributed by atoms with Crippen LogP contribution in [-0.4, -0.2) is 12.5 Å². The van der Waals surface area contributed by atoms with Crippen molar-refractivity contribution in [1.82, 2.24) is 5.32 Å². The molecule has 0 radical (unpaired) electrons. The average Bonchev–Trinajstić information content (AvgIpc) is 3.43. The van der Waals surface area contributed by atoms with Gasteiger partial charge in [0.05, 0.1) is 15.8 Å². The van der Waals surface area contributed by atoms with Gasteiger partial charge in [0, 0.05) is 5.39 Å². The summed E-state index contributed by atoms with van der Waals surface area (Å²) in [5.74, 6) is 0.823. The maximum Gasteiger partial charge on any atom is 0.275 e. The standard InChI is InChI=1S/C22H22N2O2S2/c1-16(21-12-17-6-2-3-9-20(17)26-21)23-22(25)15-24(13-18-7-4-10-27-18)14-19-8-5-11-28-19/h2-12,16H,13-15H2,1H3,(H,23,25)/p+1/t16-/m0/s1. The van der Waals surface area contributed by atoms with Gasteiger partial charge >= 0.3 is 0 Å². The van der Waals surface area contributed by atoms with E-state index in [1.165, 1.54) is 14.7 Å². The molecular weight excluding hydrogens is 388 g/mol. The van der Waals surface area contributed by atoms with E-state index in [0.29, 0.717) is 6.54 Å². The molecule has 4 nitrogen and oxygen atoms in total. The first-order valence-corrected chi connectivity index (χ1v) is 11.1. The first kappa shape index (κ1) is 18.9. The molecule has 144 valence electrons. The highest BCUT2D eigenvalue weighted by Gasteiger charge is 2.20. The molecule has 1 atom stereocenters. The van der Waals surface area contributed by atoms with Crippen molar-refractivity contribution in [3.8, 4) is 0 Å². The van der Waals surface area contributed by atoms with Crippen LogP contribution in [-0.2, 0) is 17.9 Å². The van der Waals surface area contributed by atoms with E-state index in [9.17, 15) is 4.79 Å². The third kappa shape index (κ3) is 4.70. The molecule has 1 amide bonds. The van der Waals surface area contributed by atoms with Gasteiger partial charge in [-0.2, -0.15) is 0 Å². The van der Waals surface area contributed by atoms with Crippen LogP contribution in [0.1, 0.15) is 28.5 Å². The Morgan fingerprint density at radius 1 is 1.04 bits per heavy atom. The molecule has 1 aromatic carbocycles. The molecule has 28 heavy (non-hydrogen) atoms. The predicted octanol–water partition coefficient (Wildman–Crippen LogP) is 4.02. The van der Waals surface area contributed by atoms with Gasteiger partial charge in [0.15, 0.2) is 6.54 Å². The molecule has 3 heterocycles. The summed E-state index contributed by atoms with van der Waals surface area (Å²) in [6.07, 6.45) is 0. The van der Waals surface area contributed by atoms with Crippen molar-refractivity contribution in [3.05, 3.63) is 80.9 Å². The van der Waals surface area contributed by atoms with Gasteiger partial charge in [-0.1, -0.05) is 30.3 Å². The van der Waals surface area contributed by atoms with Crippen molar-refractivity contribution in [2.24, 2.45) is 0 Å². The highest BCUT2D eigenvalue weighted by atomic mass is 32.1. The molecule has 2 N–H and O–H groups in total. The topological polar surface area (TPSA) is 46.7 Å². The molecule has 0 bridgehead atoms. The number of carbonyl (C=O) groups excluding carboxylic acids is 1. The molecule has 0 aliphatic rings. The van der Waals surface area contributed by atoms with Crippen LogP contribution in [0.5, 0.6) is 0 Å². The summed E-state index contributed by atoms with van der Waals surface area (Å²) >= 11 is 3.48. The third-order valence-corrected chi connectivity index (χ3v) is 6.42. The Kier molecular flexibility index (Phi) is 5.90. The zero-order valence-corrected chi connectivity index (χ0v) is 17.3. The number of fused-ring (bicyclic) bond motifs is 1. The van der Waals surface area contributed by atoms with Crippen LogP contribution in [0.4, 0.5) is 0 Å². The Bertz CT molecular complexity index is 953. The number of carbonyl (C=O) groups is 1. The van der Waals surface area contributed by atoms with Crippen molar-refractivity contribution in [2.45, 2.75) is 26.1 Å². The van der Waals surface area contributed by atoms with E-state index in [2.05, 4.69) is 40.3 Å². The lowest BCUT2D eigenvalue weighted by Crippen LogP contribution is -3.10. The Morgan fingerprint density at radius 2 is 1.71 bits per heavy atom. The van der Waals surface area contributed by atoms with Crippen molar-refractivity contribution < 1.29 is 14.1 Å². The largest absolute Gasteiger partial charge is 0.459 e. The van der Waals surface area contributed by atoms with E-state index in [1.807, 2.05) is 37.3 Å². The highest BCUT2D eigenvalue weighted by molar-refractivity contribution is 7.10. The molecule has 0 aliphatic carbocycles. The molecule has 0 aliphatic heterocycles. The zero-order valence-electron chi connectivity index (χ0n) is 15.7. The number of hydrogen-bond acceptors (Lipinski definition) is 4. The van der Waals surface area contributed by atoms with E-state index in [1.54, 1.807) is 22.7 Å². The van der Waals surface area contributed by atoms with E-state index < -0.39 is 0 Å². The molecule has 3 aromatic heterocycles. The molecule has 4 rings (SSSR count). The second kappa shape index (κ2) is 8.73. The Labute approximate surface area is 172 Å². The van der Waals surface area contributed by atoms with Crippen molar-refractivity contribution in [1.29, 1.82) is 0 Å². The van der Waals surface area contributed by atoms with Gasteiger partial charge in [-0.05, 0) is 41.9 Å². The Hall–Kier alpha value is -2.41. The molecule has 0 fully saturated rings. The number of para-hydroxylation sites is 1. The second-order valence-corrected chi connectivity index (χ2v) is 8.98. The van der Waals surface area contributed by atoms with Crippen LogP contribution in [0.3, 0.4) is 0 Å². The minimum atomic E-state index is -0.162. The molecule has 0 spiro atoms. The molecule has 0 unspecified atom stereocenters. The Balaban J connectivity index is 1.41. The Morgan fingerprint density at radius 3 is 2.32 bits per heavy atom. The summed E-state index contributed by atoms with van der Waals surface area (Å²) in [5, 5.41) is 8.33. The minimum absolute atomic E-state index is 0.0380. The molecule has 4 aromatic rings. The highest BCUT2D eigenvalue weighted by Crippen LogP contribution is 2.23. The second-order valence-electron chi connectivity index (χ2n) is 6.91. The summed E-state index contributed by atoms with van der Waals surface area (Å²) in [5.41, 5.74) is 0.848. The third-order valence-electron chi connectivity index (χ3n) is 4.67. The summed E-state index contributed by atoms with van der Waals surface area (Å²) in [6.45, 7) is 4.10. The smallest absolute Gasteiger partial charge is 0.275 e. The minimum Gasteiger partial charge on any atom is -0.459 e.